The number of hydrogen-bond acceptors (Lipinski definition) is 4. The standard InChI is InChI=1S/C14H16ClNO4/c1-20-13(19)16-14(8-4-7-11(17)12(14)18)9-5-2-3-6-10(9)15/h2-3,5-6,11,17H,4,7-8H2,1H3,(H,16,19)/t11-,14-/m1/s1. The normalized spacial score (nSPS) is 26.1. The Morgan fingerprint density at radius 3 is 2.85 bits per heavy atom. The lowest BCUT2D eigenvalue weighted by Crippen LogP contribution is -2.57. The third-order valence-electron chi connectivity index (χ3n) is 3.59. The van der Waals surface area contributed by atoms with Crippen molar-refractivity contribution in [3.63, 3.8) is 0 Å². The van der Waals surface area contributed by atoms with Crippen molar-refractivity contribution in [2.45, 2.75) is 30.9 Å². The van der Waals surface area contributed by atoms with Crippen molar-refractivity contribution in [2.75, 3.05) is 7.11 Å². The van der Waals surface area contributed by atoms with Crippen LogP contribution in [0.25, 0.3) is 0 Å². The van der Waals surface area contributed by atoms with Gasteiger partial charge < -0.3 is 15.2 Å². The summed E-state index contributed by atoms with van der Waals surface area (Å²) in [4.78, 5) is 24.1. The van der Waals surface area contributed by atoms with Crippen LogP contribution in [0.5, 0.6) is 0 Å². The second-order valence-corrected chi connectivity index (χ2v) is 5.18. The highest BCUT2D eigenvalue weighted by Gasteiger charge is 2.48. The van der Waals surface area contributed by atoms with Crippen molar-refractivity contribution in [1.29, 1.82) is 0 Å². The van der Waals surface area contributed by atoms with Crippen LogP contribution in [0.1, 0.15) is 24.8 Å². The Labute approximate surface area is 121 Å². The number of rotatable bonds is 2. The molecule has 20 heavy (non-hydrogen) atoms. The molecule has 5 nitrogen and oxygen atoms in total. The average Bonchev–Trinajstić information content (AvgIpc) is 2.44. The number of halogens is 1. The zero-order valence-corrected chi connectivity index (χ0v) is 11.8. The summed E-state index contributed by atoms with van der Waals surface area (Å²) < 4.78 is 4.60. The van der Waals surface area contributed by atoms with Gasteiger partial charge in [0.1, 0.15) is 11.6 Å². The molecule has 1 aromatic rings. The number of amides is 1. The monoisotopic (exact) mass is 297 g/mol. The molecule has 2 atom stereocenters. The molecule has 1 aliphatic carbocycles. The summed E-state index contributed by atoms with van der Waals surface area (Å²) in [7, 11) is 1.22. The Hall–Kier alpha value is -1.59. The molecule has 0 aliphatic heterocycles. The number of aliphatic hydroxyl groups excluding tert-OH is 1. The molecule has 2 rings (SSSR count). The lowest BCUT2D eigenvalue weighted by atomic mass is 9.74. The fraction of sp³-hybridized carbons (Fsp3) is 0.429. The highest BCUT2D eigenvalue weighted by atomic mass is 35.5. The molecule has 0 unspecified atom stereocenters. The second kappa shape index (κ2) is 5.81. The van der Waals surface area contributed by atoms with Crippen molar-refractivity contribution in [2.24, 2.45) is 0 Å². The molecule has 0 spiro atoms. The predicted octanol–water partition coefficient (Wildman–Crippen LogP) is 2.01. The molecule has 1 fully saturated rings. The molecule has 0 bridgehead atoms. The number of hydrogen-bond donors (Lipinski definition) is 2. The number of benzene rings is 1. The predicted molar refractivity (Wildman–Crippen MR) is 73.5 cm³/mol. The van der Waals surface area contributed by atoms with Gasteiger partial charge >= 0.3 is 6.09 Å². The molecule has 1 saturated carbocycles. The molecule has 2 N–H and O–H groups in total. The van der Waals surface area contributed by atoms with Gasteiger partial charge in [-0.15, -0.1) is 0 Å². The van der Waals surface area contributed by atoms with Crippen molar-refractivity contribution in [3.8, 4) is 0 Å². The Morgan fingerprint density at radius 1 is 1.50 bits per heavy atom. The maximum Gasteiger partial charge on any atom is 0.407 e. The Kier molecular flexibility index (Phi) is 4.30. The molecule has 1 aromatic carbocycles. The first-order chi connectivity index (χ1) is 9.51. The van der Waals surface area contributed by atoms with E-state index in [1.165, 1.54) is 7.11 Å². The minimum atomic E-state index is -1.33. The lowest BCUT2D eigenvalue weighted by Gasteiger charge is -2.38. The first kappa shape index (κ1) is 14.8. The Balaban J connectivity index is 2.52. The van der Waals surface area contributed by atoms with Gasteiger partial charge in [0, 0.05) is 10.6 Å². The van der Waals surface area contributed by atoms with Crippen LogP contribution >= 0.6 is 11.6 Å². The first-order valence-electron chi connectivity index (χ1n) is 6.35. The van der Waals surface area contributed by atoms with Crippen molar-refractivity contribution in [3.05, 3.63) is 34.9 Å². The maximum absolute atomic E-state index is 12.5. The highest BCUT2D eigenvalue weighted by molar-refractivity contribution is 6.31. The Bertz CT molecular complexity index is 534. The number of carbonyl (C=O) groups is 2. The molecular formula is C14H16ClNO4. The minimum absolute atomic E-state index is 0.367. The van der Waals surface area contributed by atoms with E-state index in [4.69, 9.17) is 11.6 Å². The van der Waals surface area contributed by atoms with E-state index in [1.807, 2.05) is 0 Å². The molecule has 108 valence electrons. The van der Waals surface area contributed by atoms with E-state index in [1.54, 1.807) is 24.3 Å². The summed E-state index contributed by atoms with van der Waals surface area (Å²) in [5.41, 5.74) is -0.848. The fourth-order valence-electron chi connectivity index (χ4n) is 2.59. The summed E-state index contributed by atoms with van der Waals surface area (Å²) in [5, 5.41) is 12.8. The van der Waals surface area contributed by atoms with Gasteiger partial charge in [0.05, 0.1) is 7.11 Å². The summed E-state index contributed by atoms with van der Waals surface area (Å²) in [6.45, 7) is 0. The van der Waals surface area contributed by atoms with Crippen LogP contribution in [0, 0.1) is 0 Å². The van der Waals surface area contributed by atoms with Gasteiger partial charge in [-0.2, -0.15) is 0 Å². The van der Waals surface area contributed by atoms with E-state index in [0.717, 1.165) is 0 Å². The summed E-state index contributed by atoms with van der Waals surface area (Å²) >= 11 is 6.16. The quantitative estimate of drug-likeness (QED) is 0.875. The first-order valence-corrected chi connectivity index (χ1v) is 6.72. The van der Waals surface area contributed by atoms with Gasteiger partial charge in [-0.05, 0) is 25.3 Å². The Morgan fingerprint density at radius 2 is 2.20 bits per heavy atom. The minimum Gasteiger partial charge on any atom is -0.453 e. The third kappa shape index (κ3) is 2.51. The van der Waals surface area contributed by atoms with Gasteiger partial charge in [-0.3, -0.25) is 4.79 Å². The second-order valence-electron chi connectivity index (χ2n) is 4.77. The molecule has 1 aliphatic rings. The van der Waals surface area contributed by atoms with Gasteiger partial charge in [0.2, 0.25) is 0 Å². The van der Waals surface area contributed by atoms with Crippen molar-refractivity contribution in [1.82, 2.24) is 5.32 Å². The smallest absolute Gasteiger partial charge is 0.407 e. The van der Waals surface area contributed by atoms with E-state index in [9.17, 15) is 14.7 Å². The van der Waals surface area contributed by atoms with Crippen LogP contribution in [0.15, 0.2) is 24.3 Å². The van der Waals surface area contributed by atoms with Crippen LogP contribution in [0.3, 0.4) is 0 Å². The van der Waals surface area contributed by atoms with E-state index >= 15 is 0 Å². The molecule has 0 saturated heterocycles. The maximum atomic E-state index is 12.5. The highest BCUT2D eigenvalue weighted by Crippen LogP contribution is 2.38. The van der Waals surface area contributed by atoms with Gasteiger partial charge in [0.25, 0.3) is 0 Å². The van der Waals surface area contributed by atoms with Gasteiger partial charge in [-0.1, -0.05) is 29.8 Å². The number of nitrogens with one attached hydrogen (secondary N) is 1. The number of ketones is 1. The third-order valence-corrected chi connectivity index (χ3v) is 3.92. The molecule has 0 radical (unpaired) electrons. The van der Waals surface area contributed by atoms with Crippen LogP contribution in [-0.2, 0) is 15.1 Å². The molecular weight excluding hydrogens is 282 g/mol. The zero-order chi connectivity index (χ0) is 14.8. The van der Waals surface area contributed by atoms with E-state index < -0.39 is 23.5 Å². The van der Waals surface area contributed by atoms with Crippen LogP contribution in [-0.4, -0.2) is 30.2 Å². The van der Waals surface area contributed by atoms with Crippen LogP contribution < -0.4 is 5.32 Å². The molecule has 0 aromatic heterocycles. The number of carbonyl (C=O) groups excluding carboxylic acids is 2. The van der Waals surface area contributed by atoms with Crippen molar-refractivity contribution >= 4 is 23.5 Å². The SMILES string of the molecule is COC(=O)N[C@@]1(c2ccccc2Cl)CCC[C@@H](O)C1=O. The zero-order valence-electron chi connectivity index (χ0n) is 11.1. The number of Topliss-reactive ketones (excluding diaryl/α,β-unsaturated/α-hetero) is 1. The average molecular weight is 298 g/mol. The summed E-state index contributed by atoms with van der Waals surface area (Å²) in [6, 6.07) is 6.79. The van der Waals surface area contributed by atoms with Crippen LogP contribution in [0.4, 0.5) is 4.79 Å². The van der Waals surface area contributed by atoms with Crippen LogP contribution in [0.2, 0.25) is 5.02 Å². The number of ether oxygens (including phenoxy) is 1. The van der Waals surface area contributed by atoms with Gasteiger partial charge in [0.15, 0.2) is 5.78 Å². The molecule has 6 heteroatoms. The largest absolute Gasteiger partial charge is 0.453 e. The van der Waals surface area contributed by atoms with E-state index in [0.29, 0.717) is 29.8 Å². The van der Waals surface area contributed by atoms with E-state index in [2.05, 4.69) is 10.1 Å². The fourth-order valence-corrected chi connectivity index (χ4v) is 2.89. The number of methoxy groups -OCH3 is 1. The molecule has 0 heterocycles. The molecule has 1 amide bonds. The summed E-state index contributed by atoms with van der Waals surface area (Å²) in [6.07, 6.45) is -0.484. The number of aliphatic hydroxyl groups is 1. The topological polar surface area (TPSA) is 75.6 Å². The summed E-state index contributed by atoms with van der Waals surface area (Å²) in [5.74, 6) is -0.456. The number of alkyl carbamates (subject to hydrolysis) is 1. The van der Waals surface area contributed by atoms with E-state index in [-0.39, 0.29) is 0 Å². The van der Waals surface area contributed by atoms with Crippen molar-refractivity contribution < 1.29 is 19.4 Å². The lowest BCUT2D eigenvalue weighted by molar-refractivity contribution is -0.137. The van der Waals surface area contributed by atoms with Gasteiger partial charge in [-0.25, -0.2) is 4.79 Å².